The van der Waals surface area contributed by atoms with E-state index in [0.717, 1.165) is 42.6 Å². The van der Waals surface area contributed by atoms with Crippen LogP contribution in [0.4, 0.5) is 15.8 Å². The Morgan fingerprint density at radius 3 is 2.76 bits per heavy atom. The van der Waals surface area contributed by atoms with Crippen molar-refractivity contribution in [3.63, 3.8) is 0 Å². The maximum Gasteiger partial charge on any atom is 0.272 e. The molecule has 7 atom stereocenters. The summed E-state index contributed by atoms with van der Waals surface area (Å²) in [6, 6.07) is 16.2. The fourth-order valence-corrected chi connectivity index (χ4v) is 9.96. The average Bonchev–Trinajstić information content (AvgIpc) is 3.43. The summed E-state index contributed by atoms with van der Waals surface area (Å²) in [6.07, 6.45) is 9.32. The lowest BCUT2D eigenvalue weighted by atomic mass is 9.55. The smallest absolute Gasteiger partial charge is 0.272 e. The molecule has 1 aromatic heterocycles. The van der Waals surface area contributed by atoms with Gasteiger partial charge in [-0.05, 0) is 128 Å². The van der Waals surface area contributed by atoms with Gasteiger partial charge in [0.2, 0.25) is 5.91 Å². The highest BCUT2D eigenvalue weighted by atomic mass is 19.1. The number of aryl methyl sites for hydroxylation is 1. The van der Waals surface area contributed by atoms with Gasteiger partial charge in [-0.3, -0.25) is 9.59 Å². The van der Waals surface area contributed by atoms with Crippen LogP contribution in [0.3, 0.4) is 0 Å². The fourth-order valence-electron chi connectivity index (χ4n) is 9.96. The minimum Gasteiger partial charge on any atom is -0.508 e. The molecule has 8 nitrogen and oxygen atoms in total. The van der Waals surface area contributed by atoms with Crippen LogP contribution in [0.5, 0.6) is 5.75 Å². The number of hydrogen-bond acceptors (Lipinski definition) is 6. The average molecular weight is 665 g/mol. The molecule has 256 valence electrons. The molecule has 0 saturated heterocycles. The number of nitrogens with one attached hydrogen (secondary N) is 3. The molecule has 3 aromatic carbocycles. The number of H-pyrrole nitrogens is 1. The predicted octanol–water partition coefficient (Wildman–Crippen LogP) is 8.09. The number of amides is 1. The zero-order chi connectivity index (χ0) is 33.9. The number of carbonyl (C=O) groups excluding carboxylic acids is 1. The molecule has 4 aromatic rings. The molecule has 8 rings (SSSR count). The fraction of sp³-hybridized carbons (Fsp3) is 0.475. The SMILES string of the molecule is C[C@H]1c2n[nH]c(=O)c3cc(F)cc(c23)N[C@@H]1c1ccc(NC(=O)CCCCO[C@H]2CC[C@H]3[C@@H]4CCc5cc(O)ccc5[C@H]4CC[C@]23C)cc1. The molecule has 2 saturated carbocycles. The number of phenolic OH excluding ortho intramolecular Hbond substituents is 1. The molecule has 0 spiro atoms. The van der Waals surface area contributed by atoms with Crippen molar-refractivity contribution in [1.29, 1.82) is 0 Å². The van der Waals surface area contributed by atoms with E-state index >= 15 is 0 Å². The van der Waals surface area contributed by atoms with Gasteiger partial charge in [0.1, 0.15) is 11.6 Å². The lowest BCUT2D eigenvalue weighted by Gasteiger charge is -2.50. The van der Waals surface area contributed by atoms with Crippen molar-refractivity contribution in [1.82, 2.24) is 10.2 Å². The molecule has 49 heavy (non-hydrogen) atoms. The number of rotatable bonds is 8. The first-order valence-electron chi connectivity index (χ1n) is 18.0. The van der Waals surface area contributed by atoms with Gasteiger partial charge in [-0.15, -0.1) is 0 Å². The van der Waals surface area contributed by atoms with E-state index in [9.17, 15) is 19.1 Å². The van der Waals surface area contributed by atoms with Gasteiger partial charge in [0.25, 0.3) is 5.56 Å². The summed E-state index contributed by atoms with van der Waals surface area (Å²) in [5.41, 5.74) is 5.59. The summed E-state index contributed by atoms with van der Waals surface area (Å²) in [4.78, 5) is 25.1. The van der Waals surface area contributed by atoms with Gasteiger partial charge in [0.15, 0.2) is 0 Å². The summed E-state index contributed by atoms with van der Waals surface area (Å²) in [6.45, 7) is 5.17. The van der Waals surface area contributed by atoms with Crippen LogP contribution in [0, 0.1) is 23.1 Å². The van der Waals surface area contributed by atoms with E-state index in [-0.39, 0.29) is 29.4 Å². The van der Waals surface area contributed by atoms with Crippen LogP contribution in [0.15, 0.2) is 59.4 Å². The van der Waals surface area contributed by atoms with E-state index in [1.165, 1.54) is 48.9 Å². The predicted molar refractivity (Wildman–Crippen MR) is 188 cm³/mol. The largest absolute Gasteiger partial charge is 0.508 e. The van der Waals surface area contributed by atoms with E-state index in [1.54, 1.807) is 0 Å². The van der Waals surface area contributed by atoms with Crippen molar-refractivity contribution in [2.45, 2.75) is 95.6 Å². The van der Waals surface area contributed by atoms with Crippen molar-refractivity contribution in [3.8, 4) is 5.75 Å². The second-order valence-electron chi connectivity index (χ2n) is 15.1. The first-order valence-corrected chi connectivity index (χ1v) is 18.0. The minimum atomic E-state index is -0.478. The van der Waals surface area contributed by atoms with Gasteiger partial charge >= 0.3 is 0 Å². The molecule has 1 aliphatic heterocycles. The number of anilines is 2. The highest BCUT2D eigenvalue weighted by molar-refractivity contribution is 5.97. The van der Waals surface area contributed by atoms with Crippen LogP contribution >= 0.6 is 0 Å². The summed E-state index contributed by atoms with van der Waals surface area (Å²) in [5.74, 6) is 1.80. The Kier molecular flexibility index (Phi) is 8.21. The first-order chi connectivity index (χ1) is 23.7. The number of hydrogen-bond donors (Lipinski definition) is 4. The number of carbonyl (C=O) groups is 1. The molecule has 3 aliphatic carbocycles. The number of aromatic amines is 1. The summed E-state index contributed by atoms with van der Waals surface area (Å²) in [5, 5.41) is 24.2. The third-order valence-corrected chi connectivity index (χ3v) is 12.4. The van der Waals surface area contributed by atoms with E-state index in [1.807, 2.05) is 43.3 Å². The van der Waals surface area contributed by atoms with Crippen LogP contribution in [0.25, 0.3) is 10.8 Å². The number of unbranched alkanes of at least 4 members (excludes halogenated alkanes) is 1. The highest BCUT2D eigenvalue weighted by Crippen LogP contribution is 2.61. The van der Waals surface area contributed by atoms with E-state index < -0.39 is 11.4 Å². The first kappa shape index (κ1) is 32.0. The van der Waals surface area contributed by atoms with Crippen molar-refractivity contribution in [2.24, 2.45) is 17.3 Å². The van der Waals surface area contributed by atoms with Crippen molar-refractivity contribution in [2.75, 3.05) is 17.2 Å². The summed E-state index contributed by atoms with van der Waals surface area (Å²) >= 11 is 0. The lowest BCUT2D eigenvalue weighted by molar-refractivity contribution is -0.116. The lowest BCUT2D eigenvalue weighted by Crippen LogP contribution is -2.44. The molecule has 9 heteroatoms. The molecule has 2 heterocycles. The van der Waals surface area contributed by atoms with Gasteiger partial charge in [0, 0.05) is 35.7 Å². The van der Waals surface area contributed by atoms with Gasteiger partial charge in [0.05, 0.1) is 23.2 Å². The number of aromatic nitrogens is 2. The Morgan fingerprint density at radius 1 is 1.08 bits per heavy atom. The zero-order valence-corrected chi connectivity index (χ0v) is 28.2. The van der Waals surface area contributed by atoms with E-state index in [0.29, 0.717) is 53.0 Å². The van der Waals surface area contributed by atoms with E-state index in [2.05, 4.69) is 33.8 Å². The van der Waals surface area contributed by atoms with Gasteiger partial charge in [-0.25, -0.2) is 9.49 Å². The summed E-state index contributed by atoms with van der Waals surface area (Å²) in [7, 11) is 0. The number of fused-ring (bicyclic) bond motifs is 5. The molecular formula is C40H45FN4O4. The highest BCUT2D eigenvalue weighted by Gasteiger charge is 2.55. The second kappa shape index (κ2) is 12.6. The molecule has 0 radical (unpaired) electrons. The van der Waals surface area contributed by atoms with Crippen LogP contribution in [-0.2, 0) is 16.0 Å². The topological polar surface area (TPSA) is 116 Å². The van der Waals surface area contributed by atoms with Crippen molar-refractivity contribution < 1.29 is 19.0 Å². The second-order valence-corrected chi connectivity index (χ2v) is 15.1. The standard InChI is InChI=1S/C40H45FN4O4/c1-22-37(43-33-21-25(41)20-31-36(33)38(22)44-45-39(31)48)23-6-9-26(10-7-23)42-35(47)5-3-4-18-49-34-15-14-32-30-12-8-24-19-27(46)11-13-28(24)29(30)16-17-40(32,34)2/h6-7,9-11,13,19-22,29-30,32,34,37,43,46H,3-5,8,12,14-18H2,1-2H3,(H,42,47)(H,45,48)/t22-,29-,30-,32+,34+,37+,40+/m1/s1. The molecule has 4 N–H and O–H groups in total. The van der Waals surface area contributed by atoms with Crippen LogP contribution in [0.2, 0.25) is 0 Å². The molecule has 4 aliphatic rings. The number of phenols is 1. The molecule has 1 amide bonds. The van der Waals surface area contributed by atoms with Crippen molar-refractivity contribution in [3.05, 3.63) is 93.2 Å². The van der Waals surface area contributed by atoms with Gasteiger partial charge in [-0.1, -0.05) is 32.0 Å². The third-order valence-electron chi connectivity index (χ3n) is 12.4. The molecule has 2 fully saturated rings. The van der Waals surface area contributed by atoms with Crippen LogP contribution in [0.1, 0.15) is 105 Å². The van der Waals surface area contributed by atoms with Crippen molar-refractivity contribution >= 4 is 28.1 Å². The minimum absolute atomic E-state index is 0.0155. The summed E-state index contributed by atoms with van der Waals surface area (Å²) < 4.78 is 20.9. The zero-order valence-electron chi connectivity index (χ0n) is 28.2. The maximum absolute atomic E-state index is 14.3. The third kappa shape index (κ3) is 5.69. The maximum atomic E-state index is 14.3. The number of benzene rings is 3. The Bertz CT molecular complexity index is 1960. The molecule has 0 unspecified atom stereocenters. The molecular weight excluding hydrogens is 619 g/mol. The Balaban J connectivity index is 0.810. The van der Waals surface area contributed by atoms with E-state index in [4.69, 9.17) is 4.74 Å². The normalized spacial score (nSPS) is 28.3. The van der Waals surface area contributed by atoms with Crippen LogP contribution < -0.4 is 16.2 Å². The van der Waals surface area contributed by atoms with Gasteiger partial charge in [-0.2, -0.15) is 5.10 Å². The number of nitrogens with zero attached hydrogens (tertiary/aromatic N) is 1. The molecule has 0 bridgehead atoms. The Hall–Kier alpha value is -4.24. The number of halogens is 1. The number of ether oxygens (including phenoxy) is 1. The Morgan fingerprint density at radius 2 is 1.92 bits per heavy atom. The quantitative estimate of drug-likeness (QED) is 0.142. The van der Waals surface area contributed by atoms with Gasteiger partial charge < -0.3 is 20.5 Å². The monoisotopic (exact) mass is 664 g/mol. The van der Waals surface area contributed by atoms with Crippen LogP contribution in [-0.4, -0.2) is 33.9 Å². The Labute approximate surface area is 285 Å². The number of aromatic hydroxyl groups is 1.